The van der Waals surface area contributed by atoms with Gasteiger partial charge in [0.25, 0.3) is 11.5 Å². The highest BCUT2D eigenvalue weighted by molar-refractivity contribution is 6.37. The quantitative estimate of drug-likeness (QED) is 0.481. The van der Waals surface area contributed by atoms with Gasteiger partial charge in [0, 0.05) is 28.9 Å². The zero-order valence-corrected chi connectivity index (χ0v) is 17.2. The Hall–Kier alpha value is -3.29. The Morgan fingerprint density at radius 1 is 1.17 bits per heavy atom. The minimum absolute atomic E-state index is 0.0797. The lowest BCUT2D eigenvalue weighted by atomic mass is 10.2. The molecule has 0 bridgehead atoms. The lowest BCUT2D eigenvalue weighted by Gasteiger charge is -2.10. The van der Waals surface area contributed by atoms with Gasteiger partial charge in [0.15, 0.2) is 5.65 Å². The van der Waals surface area contributed by atoms with Crippen molar-refractivity contribution >= 4 is 40.4 Å². The number of aryl methyl sites for hydroxylation is 1. The first-order valence-electron chi connectivity index (χ1n) is 8.88. The van der Waals surface area contributed by atoms with E-state index in [1.54, 1.807) is 49.4 Å². The van der Waals surface area contributed by atoms with Crippen LogP contribution in [0.25, 0.3) is 5.65 Å². The number of benzene rings is 2. The number of halogens is 2. The minimum Gasteiger partial charge on any atom is -0.487 e. The normalized spacial score (nSPS) is 10.9. The Kier molecular flexibility index (Phi) is 5.48. The predicted molar refractivity (Wildman–Crippen MR) is 114 cm³/mol. The third-order valence-electron chi connectivity index (χ3n) is 4.18. The lowest BCUT2D eigenvalue weighted by molar-refractivity contribution is 0.102. The van der Waals surface area contributed by atoms with Gasteiger partial charge in [0.05, 0.1) is 16.3 Å². The van der Waals surface area contributed by atoms with Gasteiger partial charge in [-0.15, -0.1) is 4.57 Å². The average molecular weight is 444 g/mol. The first-order valence-corrected chi connectivity index (χ1v) is 9.63. The number of rotatable bonds is 5. The van der Waals surface area contributed by atoms with Crippen LogP contribution in [0.15, 0.2) is 63.9 Å². The van der Waals surface area contributed by atoms with Crippen LogP contribution in [0.4, 0.5) is 5.69 Å². The molecule has 0 aliphatic rings. The largest absolute Gasteiger partial charge is 0.487 e. The molecule has 30 heavy (non-hydrogen) atoms. The number of amides is 1. The summed E-state index contributed by atoms with van der Waals surface area (Å²) in [6.07, 6.45) is 0. The van der Waals surface area contributed by atoms with Crippen molar-refractivity contribution in [3.05, 3.63) is 92.0 Å². The number of ether oxygens (including phenoxy) is 1. The third kappa shape index (κ3) is 4.32. The molecule has 9 heteroatoms. The summed E-state index contributed by atoms with van der Waals surface area (Å²) in [4.78, 5) is 28.9. The molecule has 0 spiro atoms. The molecule has 0 aliphatic heterocycles. The van der Waals surface area contributed by atoms with Crippen LogP contribution in [-0.4, -0.2) is 15.5 Å². The summed E-state index contributed by atoms with van der Waals surface area (Å²) in [7, 11) is 0. The first-order chi connectivity index (χ1) is 14.4. The van der Waals surface area contributed by atoms with Gasteiger partial charge in [-0.2, -0.15) is 0 Å². The van der Waals surface area contributed by atoms with E-state index in [2.05, 4.69) is 10.3 Å². The van der Waals surface area contributed by atoms with Crippen LogP contribution in [0.3, 0.4) is 0 Å². The highest BCUT2D eigenvalue weighted by atomic mass is 35.5. The molecule has 0 saturated heterocycles. The summed E-state index contributed by atoms with van der Waals surface area (Å²) in [5, 5.41) is 3.47. The summed E-state index contributed by atoms with van der Waals surface area (Å²) in [5.74, 6) is 0.714. The maximum absolute atomic E-state index is 12.5. The van der Waals surface area contributed by atoms with Crippen molar-refractivity contribution in [1.29, 1.82) is 0 Å². The maximum atomic E-state index is 12.5. The molecule has 0 fully saturated rings. The molecule has 1 amide bonds. The Morgan fingerprint density at radius 3 is 2.80 bits per heavy atom. The van der Waals surface area contributed by atoms with E-state index in [1.165, 1.54) is 12.1 Å². The van der Waals surface area contributed by atoms with E-state index in [9.17, 15) is 9.59 Å². The van der Waals surface area contributed by atoms with Crippen molar-refractivity contribution in [2.75, 3.05) is 5.32 Å². The molecule has 152 valence electrons. The van der Waals surface area contributed by atoms with Crippen molar-refractivity contribution in [3.63, 3.8) is 0 Å². The standard InChI is InChI=1S/C21H15Cl2N3O4/c1-12-7-19-24-15(10-20(27)26(19)30-12)11-29-16-4-2-3-14(9-16)25-21(28)17-6-5-13(22)8-18(17)23/h2-10H,11H2,1H3,(H,25,28). The molecule has 2 aromatic heterocycles. The van der Waals surface area contributed by atoms with Crippen molar-refractivity contribution in [3.8, 4) is 5.75 Å². The van der Waals surface area contributed by atoms with E-state index in [0.717, 1.165) is 4.57 Å². The highest BCUT2D eigenvalue weighted by Crippen LogP contribution is 2.23. The number of carbonyl (C=O) groups is 1. The van der Waals surface area contributed by atoms with E-state index in [1.807, 2.05) is 0 Å². The van der Waals surface area contributed by atoms with Crippen LogP contribution in [0.5, 0.6) is 5.75 Å². The van der Waals surface area contributed by atoms with E-state index >= 15 is 0 Å². The minimum atomic E-state index is -0.371. The van der Waals surface area contributed by atoms with Crippen LogP contribution < -0.4 is 15.6 Å². The monoisotopic (exact) mass is 443 g/mol. The molecule has 2 aromatic carbocycles. The van der Waals surface area contributed by atoms with Gasteiger partial charge in [-0.1, -0.05) is 29.3 Å². The second-order valence-electron chi connectivity index (χ2n) is 6.48. The van der Waals surface area contributed by atoms with E-state index < -0.39 is 0 Å². The summed E-state index contributed by atoms with van der Waals surface area (Å²) >= 11 is 12.0. The van der Waals surface area contributed by atoms with Gasteiger partial charge in [-0.3, -0.25) is 9.59 Å². The number of nitrogens with one attached hydrogen (secondary N) is 1. The van der Waals surface area contributed by atoms with Crippen LogP contribution in [0.2, 0.25) is 10.0 Å². The summed E-state index contributed by atoms with van der Waals surface area (Å²) < 4.78 is 12.1. The molecule has 4 rings (SSSR count). The molecule has 2 heterocycles. The van der Waals surface area contributed by atoms with Gasteiger partial charge in [0.1, 0.15) is 18.1 Å². The number of hydrogen-bond acceptors (Lipinski definition) is 5. The predicted octanol–water partition coefficient (Wildman–Crippen LogP) is 4.73. The number of anilines is 1. The van der Waals surface area contributed by atoms with Gasteiger partial charge >= 0.3 is 0 Å². The van der Waals surface area contributed by atoms with Crippen molar-refractivity contribution in [2.45, 2.75) is 13.5 Å². The Labute approximate surface area is 180 Å². The number of fused-ring (bicyclic) bond motifs is 1. The Morgan fingerprint density at radius 2 is 2.00 bits per heavy atom. The van der Waals surface area contributed by atoms with E-state index in [4.69, 9.17) is 32.5 Å². The van der Waals surface area contributed by atoms with Crippen molar-refractivity contribution in [2.24, 2.45) is 0 Å². The maximum Gasteiger partial charge on any atom is 0.287 e. The van der Waals surface area contributed by atoms with Crippen LogP contribution in [0, 0.1) is 6.92 Å². The number of carbonyl (C=O) groups excluding carboxylic acids is 1. The molecular formula is C21H15Cl2N3O4. The zero-order valence-electron chi connectivity index (χ0n) is 15.7. The van der Waals surface area contributed by atoms with Crippen molar-refractivity contribution < 1.29 is 14.1 Å². The van der Waals surface area contributed by atoms with Crippen LogP contribution >= 0.6 is 23.2 Å². The first kappa shape index (κ1) is 20.0. The smallest absolute Gasteiger partial charge is 0.287 e. The van der Waals surface area contributed by atoms with Gasteiger partial charge < -0.3 is 14.6 Å². The lowest BCUT2D eigenvalue weighted by Crippen LogP contribution is -2.14. The SMILES string of the molecule is Cc1cc2nc(COc3cccc(NC(=O)c4ccc(Cl)cc4Cl)c3)cc(=O)n2o1. The van der Waals surface area contributed by atoms with Crippen LogP contribution in [-0.2, 0) is 6.61 Å². The molecule has 0 unspecified atom stereocenters. The van der Waals surface area contributed by atoms with Gasteiger partial charge in [-0.25, -0.2) is 4.98 Å². The highest BCUT2D eigenvalue weighted by Gasteiger charge is 2.12. The molecule has 7 nitrogen and oxygen atoms in total. The molecule has 1 N–H and O–H groups in total. The fourth-order valence-corrected chi connectivity index (χ4v) is 3.33. The van der Waals surface area contributed by atoms with Gasteiger partial charge in [-0.05, 0) is 37.3 Å². The van der Waals surface area contributed by atoms with Crippen LogP contribution in [0.1, 0.15) is 21.8 Å². The summed E-state index contributed by atoms with van der Waals surface area (Å²) in [6.45, 7) is 1.82. The molecule has 0 aliphatic carbocycles. The fourth-order valence-electron chi connectivity index (χ4n) is 2.84. The van der Waals surface area contributed by atoms with E-state index in [-0.39, 0.29) is 23.1 Å². The molecule has 4 aromatic rings. The second kappa shape index (κ2) is 8.22. The van der Waals surface area contributed by atoms with Gasteiger partial charge in [0.2, 0.25) is 0 Å². The Bertz CT molecular complexity index is 1310. The topological polar surface area (TPSA) is 85.8 Å². The summed E-state index contributed by atoms with van der Waals surface area (Å²) in [6, 6.07) is 14.5. The molecule has 0 saturated carbocycles. The summed E-state index contributed by atoms with van der Waals surface area (Å²) in [5.41, 5.74) is 1.38. The molecule has 0 radical (unpaired) electrons. The number of nitrogens with zero attached hydrogens (tertiary/aromatic N) is 2. The number of hydrogen-bond donors (Lipinski definition) is 1. The third-order valence-corrected chi connectivity index (χ3v) is 4.73. The second-order valence-corrected chi connectivity index (χ2v) is 7.32. The molecule has 0 atom stereocenters. The average Bonchev–Trinajstić information content (AvgIpc) is 3.07. The number of aromatic nitrogens is 2. The Balaban J connectivity index is 1.47. The zero-order chi connectivity index (χ0) is 21.3. The van der Waals surface area contributed by atoms with Crippen molar-refractivity contribution in [1.82, 2.24) is 9.56 Å². The van der Waals surface area contributed by atoms with E-state index in [0.29, 0.717) is 39.1 Å². The fraction of sp³-hybridized carbons (Fsp3) is 0.0952. The molecular weight excluding hydrogens is 429 g/mol.